The quantitative estimate of drug-likeness (QED) is 0.901. The van der Waals surface area contributed by atoms with Gasteiger partial charge in [0.2, 0.25) is 5.91 Å². The fraction of sp³-hybridized carbons (Fsp3) is 0.619. The van der Waals surface area contributed by atoms with Gasteiger partial charge in [-0.15, -0.1) is 0 Å². The highest BCUT2D eigenvalue weighted by Crippen LogP contribution is 2.36. The zero-order chi connectivity index (χ0) is 18.1. The molecule has 0 spiro atoms. The van der Waals surface area contributed by atoms with E-state index in [1.165, 1.54) is 24.8 Å². The van der Waals surface area contributed by atoms with Crippen molar-refractivity contribution in [3.05, 3.63) is 35.4 Å². The monoisotopic (exact) mass is 356 g/mol. The second kappa shape index (κ2) is 7.39. The second-order valence-corrected chi connectivity index (χ2v) is 8.02. The maximum absolute atomic E-state index is 12.8. The minimum absolute atomic E-state index is 0.117. The maximum atomic E-state index is 12.8. The minimum atomic E-state index is -0.422. The van der Waals surface area contributed by atoms with Gasteiger partial charge in [0.1, 0.15) is 6.10 Å². The second-order valence-electron chi connectivity index (χ2n) is 8.02. The molecule has 0 aromatic heterocycles. The van der Waals surface area contributed by atoms with Crippen molar-refractivity contribution in [2.75, 3.05) is 13.1 Å². The van der Waals surface area contributed by atoms with Crippen molar-refractivity contribution in [2.24, 2.45) is 11.7 Å². The Hall–Kier alpha value is -1.88. The SMILES string of the molecule is NC(=O)[C@H]1CC[C@@H](C2CCN(C(=O)c3ccc(C4CCC4)cc3)CC2)O1. The Morgan fingerprint density at radius 2 is 1.65 bits per heavy atom. The summed E-state index contributed by atoms with van der Waals surface area (Å²) >= 11 is 0. The molecule has 2 saturated heterocycles. The molecular formula is C21H28N2O3. The largest absolute Gasteiger partial charge is 0.367 e. The third-order valence-electron chi connectivity index (χ3n) is 6.46. The number of rotatable bonds is 4. The van der Waals surface area contributed by atoms with Gasteiger partial charge in [0.25, 0.3) is 5.91 Å². The lowest BCUT2D eigenvalue weighted by molar-refractivity contribution is -0.130. The van der Waals surface area contributed by atoms with Crippen molar-refractivity contribution in [3.8, 4) is 0 Å². The van der Waals surface area contributed by atoms with Crippen LogP contribution in [0.25, 0.3) is 0 Å². The Morgan fingerprint density at radius 3 is 2.19 bits per heavy atom. The van der Waals surface area contributed by atoms with Crippen LogP contribution in [0.1, 0.15) is 66.8 Å². The number of carbonyl (C=O) groups excluding carboxylic acids is 2. The number of amides is 2. The van der Waals surface area contributed by atoms with Gasteiger partial charge >= 0.3 is 0 Å². The molecule has 0 unspecified atom stereocenters. The third kappa shape index (κ3) is 3.50. The van der Waals surface area contributed by atoms with E-state index in [9.17, 15) is 9.59 Å². The summed E-state index contributed by atoms with van der Waals surface area (Å²) in [6.07, 6.45) is 7.07. The van der Waals surface area contributed by atoms with Crippen LogP contribution in [0.5, 0.6) is 0 Å². The van der Waals surface area contributed by atoms with E-state index < -0.39 is 6.10 Å². The number of hydrogen-bond donors (Lipinski definition) is 1. The van der Waals surface area contributed by atoms with Crippen LogP contribution in [-0.4, -0.2) is 42.0 Å². The minimum Gasteiger partial charge on any atom is -0.367 e. The number of nitrogens with two attached hydrogens (primary N) is 1. The lowest BCUT2D eigenvalue weighted by Gasteiger charge is -2.34. The topological polar surface area (TPSA) is 72.6 Å². The van der Waals surface area contributed by atoms with Crippen molar-refractivity contribution in [2.45, 2.75) is 63.1 Å². The first kappa shape index (κ1) is 17.5. The summed E-state index contributed by atoms with van der Waals surface area (Å²) in [5.41, 5.74) is 7.50. The van der Waals surface area contributed by atoms with Crippen LogP contribution in [0, 0.1) is 5.92 Å². The van der Waals surface area contributed by atoms with Crippen LogP contribution in [0.4, 0.5) is 0 Å². The van der Waals surface area contributed by atoms with Crippen LogP contribution >= 0.6 is 0 Å². The van der Waals surface area contributed by atoms with Gasteiger partial charge in [-0.25, -0.2) is 0 Å². The smallest absolute Gasteiger partial charge is 0.253 e. The number of likely N-dealkylation sites (tertiary alicyclic amines) is 1. The summed E-state index contributed by atoms with van der Waals surface area (Å²) < 4.78 is 5.82. The Labute approximate surface area is 154 Å². The molecule has 2 heterocycles. The lowest BCUT2D eigenvalue weighted by atomic mass is 9.80. The molecule has 26 heavy (non-hydrogen) atoms. The van der Waals surface area contributed by atoms with Gasteiger partial charge < -0.3 is 15.4 Å². The van der Waals surface area contributed by atoms with E-state index in [4.69, 9.17) is 10.5 Å². The molecule has 0 bridgehead atoms. The van der Waals surface area contributed by atoms with E-state index in [0.717, 1.165) is 44.3 Å². The van der Waals surface area contributed by atoms with Crippen LogP contribution in [0.2, 0.25) is 0 Å². The van der Waals surface area contributed by atoms with Crippen LogP contribution < -0.4 is 5.73 Å². The third-order valence-corrected chi connectivity index (χ3v) is 6.46. The van der Waals surface area contributed by atoms with Crippen LogP contribution in [0.3, 0.4) is 0 Å². The number of hydrogen-bond acceptors (Lipinski definition) is 3. The Kier molecular flexibility index (Phi) is 4.98. The Morgan fingerprint density at radius 1 is 0.962 bits per heavy atom. The molecule has 1 aromatic carbocycles. The average molecular weight is 356 g/mol. The molecule has 4 rings (SSSR count). The first-order valence-corrected chi connectivity index (χ1v) is 9.96. The number of primary amides is 1. The summed E-state index contributed by atoms with van der Waals surface area (Å²) in [6, 6.07) is 8.22. The van der Waals surface area contributed by atoms with E-state index in [0.29, 0.717) is 11.8 Å². The number of nitrogens with zero attached hydrogens (tertiary/aromatic N) is 1. The number of benzene rings is 1. The average Bonchev–Trinajstić information content (AvgIpc) is 3.11. The Balaban J connectivity index is 1.30. The molecule has 2 N–H and O–H groups in total. The summed E-state index contributed by atoms with van der Waals surface area (Å²) in [7, 11) is 0. The van der Waals surface area contributed by atoms with E-state index in [2.05, 4.69) is 12.1 Å². The highest BCUT2D eigenvalue weighted by molar-refractivity contribution is 5.94. The van der Waals surface area contributed by atoms with Crippen molar-refractivity contribution < 1.29 is 14.3 Å². The summed E-state index contributed by atoms with van der Waals surface area (Å²) in [6.45, 7) is 1.52. The fourth-order valence-corrected chi connectivity index (χ4v) is 4.52. The van der Waals surface area contributed by atoms with E-state index in [1.54, 1.807) is 0 Å². The molecule has 3 fully saturated rings. The molecule has 1 aromatic rings. The van der Waals surface area contributed by atoms with Gasteiger partial charge in [-0.3, -0.25) is 9.59 Å². The Bertz CT molecular complexity index is 660. The van der Waals surface area contributed by atoms with Gasteiger partial charge in [0.05, 0.1) is 6.10 Å². The molecule has 3 aliphatic rings. The van der Waals surface area contributed by atoms with Crippen molar-refractivity contribution in [1.82, 2.24) is 4.90 Å². The molecule has 2 amide bonds. The maximum Gasteiger partial charge on any atom is 0.253 e. The zero-order valence-electron chi connectivity index (χ0n) is 15.2. The summed E-state index contributed by atoms with van der Waals surface area (Å²) in [4.78, 5) is 26.0. The molecular weight excluding hydrogens is 328 g/mol. The normalized spacial score (nSPS) is 27.3. The van der Waals surface area contributed by atoms with Gasteiger partial charge in [-0.2, -0.15) is 0 Å². The van der Waals surface area contributed by atoms with E-state index in [-0.39, 0.29) is 17.9 Å². The van der Waals surface area contributed by atoms with E-state index >= 15 is 0 Å². The zero-order valence-corrected chi connectivity index (χ0v) is 15.2. The highest BCUT2D eigenvalue weighted by atomic mass is 16.5. The first-order valence-electron chi connectivity index (χ1n) is 9.96. The molecule has 2 aliphatic heterocycles. The van der Waals surface area contributed by atoms with Gasteiger partial charge in [-0.1, -0.05) is 18.6 Å². The number of ether oxygens (including phenoxy) is 1. The molecule has 140 valence electrons. The molecule has 1 aliphatic carbocycles. The molecule has 2 atom stereocenters. The molecule has 0 radical (unpaired) electrons. The summed E-state index contributed by atoms with van der Waals surface area (Å²) in [5.74, 6) is 0.895. The number of piperidine rings is 1. The first-order chi connectivity index (χ1) is 12.6. The molecule has 5 nitrogen and oxygen atoms in total. The molecule has 1 saturated carbocycles. The van der Waals surface area contributed by atoms with Crippen LogP contribution in [0.15, 0.2) is 24.3 Å². The van der Waals surface area contributed by atoms with E-state index in [1.807, 2.05) is 17.0 Å². The van der Waals surface area contributed by atoms with Crippen molar-refractivity contribution in [1.29, 1.82) is 0 Å². The van der Waals surface area contributed by atoms with Crippen molar-refractivity contribution >= 4 is 11.8 Å². The predicted octanol–water partition coefficient (Wildman–Crippen LogP) is 2.84. The lowest BCUT2D eigenvalue weighted by Crippen LogP contribution is -2.41. The molecule has 5 heteroatoms. The predicted molar refractivity (Wildman–Crippen MR) is 98.8 cm³/mol. The fourth-order valence-electron chi connectivity index (χ4n) is 4.52. The van der Waals surface area contributed by atoms with Crippen LogP contribution in [-0.2, 0) is 9.53 Å². The van der Waals surface area contributed by atoms with Gasteiger partial charge in [0, 0.05) is 18.7 Å². The summed E-state index contributed by atoms with van der Waals surface area (Å²) in [5, 5.41) is 0. The van der Waals surface area contributed by atoms with Gasteiger partial charge in [-0.05, 0) is 68.1 Å². The highest BCUT2D eigenvalue weighted by Gasteiger charge is 2.36. The van der Waals surface area contributed by atoms with Crippen molar-refractivity contribution in [3.63, 3.8) is 0 Å². The van der Waals surface area contributed by atoms with Gasteiger partial charge in [0.15, 0.2) is 0 Å². The number of carbonyl (C=O) groups is 2. The standard InChI is InChI=1S/C21H28N2O3/c22-20(24)19-9-8-18(26-19)16-10-12-23(13-11-16)21(25)17-6-4-15(5-7-17)14-2-1-3-14/h4-7,14,16,18-19H,1-3,8-13H2,(H2,22,24)/t18-,19+/m0/s1.